The van der Waals surface area contributed by atoms with Crippen LogP contribution in [-0.2, 0) is 9.53 Å². The van der Waals surface area contributed by atoms with Gasteiger partial charge in [0.15, 0.2) is 0 Å². The Balaban J connectivity index is 2.70. The first-order valence-electron chi connectivity index (χ1n) is 6.87. The van der Waals surface area contributed by atoms with Gasteiger partial charge in [-0.15, -0.1) is 0 Å². The molecular weight excluding hydrogens is 270 g/mol. The van der Waals surface area contributed by atoms with Crippen molar-refractivity contribution in [3.63, 3.8) is 0 Å². The fourth-order valence-corrected chi connectivity index (χ4v) is 1.42. The number of hydrogen-bond acceptors (Lipinski definition) is 4. The summed E-state index contributed by atoms with van der Waals surface area (Å²) in [6, 6.07) is 6.99. The van der Waals surface area contributed by atoms with E-state index in [4.69, 9.17) is 9.47 Å². The molecule has 21 heavy (non-hydrogen) atoms. The monoisotopic (exact) mass is 291 g/mol. The summed E-state index contributed by atoms with van der Waals surface area (Å²) in [5.74, 6) is -0.00834. The standard InChI is InChI=1S/C16H21NO4/c1-4-5-12-20-15(18)11-10-13-8-6-7-9-14(13)21-16(19)17(2)3/h6-11H,4-5,12H2,1-3H3/b11-10+. The van der Waals surface area contributed by atoms with E-state index in [0.29, 0.717) is 17.9 Å². The molecule has 0 atom stereocenters. The minimum atomic E-state index is -0.471. The topological polar surface area (TPSA) is 55.8 Å². The van der Waals surface area contributed by atoms with E-state index in [9.17, 15) is 9.59 Å². The summed E-state index contributed by atoms with van der Waals surface area (Å²) in [5.41, 5.74) is 0.639. The summed E-state index contributed by atoms with van der Waals surface area (Å²) in [6.07, 6.45) is 4.25. The van der Waals surface area contributed by atoms with Crippen LogP contribution in [0.5, 0.6) is 5.75 Å². The zero-order valence-corrected chi connectivity index (χ0v) is 12.7. The smallest absolute Gasteiger partial charge is 0.414 e. The Morgan fingerprint density at radius 2 is 1.95 bits per heavy atom. The zero-order valence-electron chi connectivity index (χ0n) is 12.7. The van der Waals surface area contributed by atoms with E-state index in [1.165, 1.54) is 11.0 Å². The van der Waals surface area contributed by atoms with Crippen molar-refractivity contribution in [3.8, 4) is 5.75 Å². The van der Waals surface area contributed by atoms with E-state index in [1.54, 1.807) is 44.4 Å². The van der Waals surface area contributed by atoms with Crippen LogP contribution >= 0.6 is 0 Å². The van der Waals surface area contributed by atoms with Gasteiger partial charge in [0.1, 0.15) is 5.75 Å². The van der Waals surface area contributed by atoms with Crippen LogP contribution in [0.2, 0.25) is 0 Å². The first kappa shape index (κ1) is 16.8. The maximum atomic E-state index is 11.6. The van der Waals surface area contributed by atoms with Crippen LogP contribution in [0.1, 0.15) is 25.3 Å². The van der Waals surface area contributed by atoms with Gasteiger partial charge in [-0.3, -0.25) is 0 Å². The Hall–Kier alpha value is -2.30. The lowest BCUT2D eigenvalue weighted by atomic mass is 10.2. The number of hydrogen-bond donors (Lipinski definition) is 0. The SMILES string of the molecule is CCCCOC(=O)/C=C/c1ccccc1OC(=O)N(C)C. The number of unbranched alkanes of at least 4 members (excludes halogenated alkanes) is 1. The first-order chi connectivity index (χ1) is 10.0. The van der Waals surface area contributed by atoms with Gasteiger partial charge < -0.3 is 14.4 Å². The molecule has 0 spiro atoms. The number of rotatable bonds is 6. The molecule has 0 bridgehead atoms. The van der Waals surface area contributed by atoms with Crippen molar-refractivity contribution >= 4 is 18.1 Å². The van der Waals surface area contributed by atoms with Crippen LogP contribution < -0.4 is 4.74 Å². The third kappa shape index (κ3) is 6.12. The van der Waals surface area contributed by atoms with Crippen LogP contribution in [0.3, 0.4) is 0 Å². The van der Waals surface area contributed by atoms with Crippen molar-refractivity contribution in [1.29, 1.82) is 0 Å². The van der Waals surface area contributed by atoms with Gasteiger partial charge in [0.25, 0.3) is 0 Å². The molecule has 0 radical (unpaired) electrons. The summed E-state index contributed by atoms with van der Waals surface area (Å²) >= 11 is 0. The summed E-state index contributed by atoms with van der Waals surface area (Å²) in [4.78, 5) is 24.4. The van der Waals surface area contributed by atoms with E-state index >= 15 is 0 Å². The highest BCUT2D eigenvalue weighted by Crippen LogP contribution is 2.20. The quantitative estimate of drug-likeness (QED) is 0.459. The lowest BCUT2D eigenvalue weighted by Crippen LogP contribution is -2.25. The average Bonchev–Trinajstić information content (AvgIpc) is 2.46. The second kappa shape index (κ2) is 8.79. The van der Waals surface area contributed by atoms with Gasteiger partial charge in [-0.2, -0.15) is 0 Å². The van der Waals surface area contributed by atoms with Crippen molar-refractivity contribution in [3.05, 3.63) is 35.9 Å². The number of esters is 1. The molecule has 1 aromatic carbocycles. The number of carbonyl (C=O) groups is 2. The van der Waals surface area contributed by atoms with E-state index < -0.39 is 12.1 Å². The Morgan fingerprint density at radius 3 is 2.62 bits per heavy atom. The zero-order chi connectivity index (χ0) is 15.7. The van der Waals surface area contributed by atoms with Crippen LogP contribution in [0.15, 0.2) is 30.3 Å². The van der Waals surface area contributed by atoms with E-state index in [1.807, 2.05) is 6.92 Å². The molecule has 0 unspecified atom stereocenters. The minimum Gasteiger partial charge on any atom is -0.463 e. The van der Waals surface area contributed by atoms with Crippen molar-refractivity contribution in [2.45, 2.75) is 19.8 Å². The van der Waals surface area contributed by atoms with E-state index in [0.717, 1.165) is 12.8 Å². The predicted octanol–water partition coefficient (Wildman–Crippen LogP) is 3.10. The highest BCUT2D eigenvalue weighted by Gasteiger charge is 2.09. The van der Waals surface area contributed by atoms with Gasteiger partial charge >= 0.3 is 12.1 Å². The first-order valence-corrected chi connectivity index (χ1v) is 6.87. The fourth-order valence-electron chi connectivity index (χ4n) is 1.42. The largest absolute Gasteiger partial charge is 0.463 e. The van der Waals surface area contributed by atoms with E-state index in [-0.39, 0.29) is 0 Å². The molecule has 0 aliphatic heterocycles. The molecule has 114 valence electrons. The van der Waals surface area contributed by atoms with Gasteiger partial charge in [0, 0.05) is 25.7 Å². The molecule has 0 aromatic heterocycles. The van der Waals surface area contributed by atoms with Gasteiger partial charge in [-0.1, -0.05) is 31.5 Å². The lowest BCUT2D eigenvalue weighted by molar-refractivity contribution is -0.137. The molecule has 0 aliphatic rings. The second-order valence-corrected chi connectivity index (χ2v) is 4.65. The second-order valence-electron chi connectivity index (χ2n) is 4.65. The molecule has 0 heterocycles. The number of amides is 1. The number of ether oxygens (including phenoxy) is 2. The third-order valence-electron chi connectivity index (χ3n) is 2.62. The van der Waals surface area contributed by atoms with Crippen LogP contribution in [0, 0.1) is 0 Å². The summed E-state index contributed by atoms with van der Waals surface area (Å²) in [6.45, 7) is 2.44. The van der Waals surface area contributed by atoms with Gasteiger partial charge in [0.05, 0.1) is 6.61 Å². The van der Waals surface area contributed by atoms with Crippen molar-refractivity contribution in [2.75, 3.05) is 20.7 Å². The highest BCUT2D eigenvalue weighted by molar-refractivity contribution is 5.87. The molecular formula is C16H21NO4. The number of para-hydroxylation sites is 1. The van der Waals surface area contributed by atoms with Gasteiger partial charge in [-0.25, -0.2) is 9.59 Å². The lowest BCUT2D eigenvalue weighted by Gasteiger charge is -2.12. The molecule has 1 rings (SSSR count). The average molecular weight is 291 g/mol. The van der Waals surface area contributed by atoms with Crippen LogP contribution in [0.4, 0.5) is 4.79 Å². The highest BCUT2D eigenvalue weighted by atomic mass is 16.6. The summed E-state index contributed by atoms with van der Waals surface area (Å²) in [7, 11) is 3.21. The number of nitrogens with zero attached hydrogens (tertiary/aromatic N) is 1. The molecule has 5 nitrogen and oxygen atoms in total. The van der Waals surface area contributed by atoms with Crippen LogP contribution in [-0.4, -0.2) is 37.7 Å². The molecule has 0 fully saturated rings. The summed E-state index contributed by atoms with van der Waals surface area (Å²) in [5, 5.41) is 0. The molecule has 0 saturated carbocycles. The van der Waals surface area contributed by atoms with E-state index in [2.05, 4.69) is 0 Å². The molecule has 0 saturated heterocycles. The van der Waals surface area contributed by atoms with Crippen molar-refractivity contribution in [1.82, 2.24) is 4.90 Å². The number of benzene rings is 1. The maximum absolute atomic E-state index is 11.6. The Bertz CT molecular complexity index is 509. The van der Waals surface area contributed by atoms with Gasteiger partial charge in [-0.05, 0) is 18.6 Å². The molecule has 1 amide bonds. The minimum absolute atomic E-state index is 0.397. The Morgan fingerprint density at radius 1 is 1.24 bits per heavy atom. The Labute approximate surface area is 125 Å². The molecule has 5 heteroatoms. The Kier molecular flexibility index (Phi) is 7.01. The summed E-state index contributed by atoms with van der Waals surface area (Å²) < 4.78 is 10.2. The normalized spacial score (nSPS) is 10.4. The molecule has 0 aliphatic carbocycles. The third-order valence-corrected chi connectivity index (χ3v) is 2.62. The van der Waals surface area contributed by atoms with Gasteiger partial charge in [0.2, 0.25) is 0 Å². The number of carbonyl (C=O) groups excluding carboxylic acids is 2. The fraction of sp³-hybridized carbons (Fsp3) is 0.375. The maximum Gasteiger partial charge on any atom is 0.414 e. The molecule has 1 aromatic rings. The predicted molar refractivity (Wildman–Crippen MR) is 81.1 cm³/mol. The molecule has 0 N–H and O–H groups in total. The van der Waals surface area contributed by atoms with Crippen LogP contribution in [0.25, 0.3) is 6.08 Å². The van der Waals surface area contributed by atoms with Crippen molar-refractivity contribution in [2.24, 2.45) is 0 Å². The van der Waals surface area contributed by atoms with Crippen molar-refractivity contribution < 1.29 is 19.1 Å².